The highest BCUT2D eigenvalue weighted by molar-refractivity contribution is 7.92. The first-order valence-electron chi connectivity index (χ1n) is 8.11. The summed E-state index contributed by atoms with van der Waals surface area (Å²) < 4.78 is 26.9. The lowest BCUT2D eigenvalue weighted by Crippen LogP contribution is -2.34. The first-order valence-corrected chi connectivity index (χ1v) is 9.97. The summed E-state index contributed by atoms with van der Waals surface area (Å²) in [5.74, 6) is -0.666. The summed E-state index contributed by atoms with van der Waals surface area (Å²) in [4.78, 5) is 31.5. The van der Waals surface area contributed by atoms with Gasteiger partial charge < -0.3 is 5.32 Å². The van der Waals surface area contributed by atoms with Crippen molar-refractivity contribution in [2.75, 3.05) is 10.0 Å². The van der Waals surface area contributed by atoms with Gasteiger partial charge in [0.2, 0.25) is 5.95 Å². The minimum atomic E-state index is -3.89. The predicted molar refractivity (Wildman–Crippen MR) is 107 cm³/mol. The second-order valence-electron chi connectivity index (χ2n) is 5.62. The number of urea groups is 1. The Labute approximate surface area is 171 Å². The van der Waals surface area contributed by atoms with Gasteiger partial charge in [0.1, 0.15) is 0 Å². The number of carbonyl (C=O) groups excluding carboxylic acids is 2. The molecule has 0 aliphatic rings. The van der Waals surface area contributed by atoms with Crippen LogP contribution in [-0.2, 0) is 10.0 Å². The zero-order valence-electron chi connectivity index (χ0n) is 14.7. The molecule has 0 unspecified atom stereocenters. The van der Waals surface area contributed by atoms with Crippen LogP contribution in [0, 0.1) is 0 Å². The van der Waals surface area contributed by atoms with E-state index in [-0.39, 0.29) is 16.4 Å². The lowest BCUT2D eigenvalue weighted by atomic mass is 10.2. The molecule has 9 nitrogen and oxygen atoms in total. The average molecular weight is 432 g/mol. The van der Waals surface area contributed by atoms with Crippen molar-refractivity contribution < 1.29 is 18.0 Å². The number of nitrogens with one attached hydrogen (secondary N) is 3. The van der Waals surface area contributed by atoms with Gasteiger partial charge in [0, 0.05) is 28.7 Å². The van der Waals surface area contributed by atoms with Crippen LogP contribution < -0.4 is 15.4 Å². The number of carbonyl (C=O) groups is 2. The Morgan fingerprint density at radius 1 is 0.897 bits per heavy atom. The summed E-state index contributed by atoms with van der Waals surface area (Å²) >= 11 is 5.75. The number of imide groups is 1. The second-order valence-corrected chi connectivity index (χ2v) is 7.74. The van der Waals surface area contributed by atoms with E-state index >= 15 is 0 Å². The van der Waals surface area contributed by atoms with Gasteiger partial charge >= 0.3 is 6.03 Å². The van der Waals surface area contributed by atoms with Gasteiger partial charge in [-0.1, -0.05) is 11.6 Å². The number of rotatable bonds is 5. The van der Waals surface area contributed by atoms with E-state index in [0.29, 0.717) is 10.7 Å². The molecule has 3 rings (SSSR count). The number of halogens is 1. The maximum atomic E-state index is 12.3. The molecule has 1 heterocycles. The normalized spacial score (nSPS) is 10.8. The molecule has 2 aromatic carbocycles. The molecule has 0 fully saturated rings. The van der Waals surface area contributed by atoms with Crippen molar-refractivity contribution in [2.45, 2.75) is 4.90 Å². The summed E-state index contributed by atoms with van der Waals surface area (Å²) in [5.41, 5.74) is 0.557. The summed E-state index contributed by atoms with van der Waals surface area (Å²) in [6, 6.07) is 12.2. The van der Waals surface area contributed by atoms with Gasteiger partial charge in [0.25, 0.3) is 15.9 Å². The van der Waals surface area contributed by atoms with Gasteiger partial charge in [-0.15, -0.1) is 0 Å². The van der Waals surface area contributed by atoms with Crippen LogP contribution in [0.15, 0.2) is 71.9 Å². The van der Waals surface area contributed by atoms with Crippen LogP contribution in [0.1, 0.15) is 10.4 Å². The van der Waals surface area contributed by atoms with E-state index in [1.807, 2.05) is 0 Å². The monoisotopic (exact) mass is 431 g/mol. The molecule has 148 valence electrons. The maximum absolute atomic E-state index is 12.3. The number of hydrogen-bond acceptors (Lipinski definition) is 6. The molecule has 11 heteroatoms. The minimum Gasteiger partial charge on any atom is -0.308 e. The van der Waals surface area contributed by atoms with E-state index in [1.54, 1.807) is 6.07 Å². The quantitative estimate of drug-likeness (QED) is 0.569. The molecular formula is C18H14ClN5O4S. The lowest BCUT2D eigenvalue weighted by Gasteiger charge is -2.09. The van der Waals surface area contributed by atoms with E-state index in [9.17, 15) is 18.0 Å². The van der Waals surface area contributed by atoms with Gasteiger partial charge in [-0.2, -0.15) is 0 Å². The first-order chi connectivity index (χ1) is 13.8. The molecule has 0 spiro atoms. The van der Waals surface area contributed by atoms with Crippen molar-refractivity contribution in [2.24, 2.45) is 0 Å². The highest BCUT2D eigenvalue weighted by atomic mass is 35.5. The van der Waals surface area contributed by atoms with Crippen LogP contribution >= 0.6 is 11.6 Å². The zero-order chi connectivity index (χ0) is 20.9. The Hall–Kier alpha value is -3.50. The third kappa shape index (κ3) is 5.50. The molecule has 0 bridgehead atoms. The van der Waals surface area contributed by atoms with Crippen molar-refractivity contribution in [3.63, 3.8) is 0 Å². The number of sulfonamides is 1. The van der Waals surface area contributed by atoms with E-state index in [0.717, 1.165) is 0 Å². The van der Waals surface area contributed by atoms with Crippen LogP contribution in [0.25, 0.3) is 0 Å². The van der Waals surface area contributed by atoms with Crippen LogP contribution in [-0.4, -0.2) is 30.3 Å². The van der Waals surface area contributed by atoms with E-state index in [4.69, 9.17) is 11.6 Å². The number of amides is 3. The van der Waals surface area contributed by atoms with Gasteiger partial charge in [0.15, 0.2) is 0 Å². The summed E-state index contributed by atoms with van der Waals surface area (Å²) in [7, 11) is -3.89. The number of nitrogens with zero attached hydrogens (tertiary/aromatic N) is 2. The van der Waals surface area contributed by atoms with E-state index in [1.165, 1.54) is 60.9 Å². The van der Waals surface area contributed by atoms with Gasteiger partial charge in [-0.05, 0) is 54.6 Å². The van der Waals surface area contributed by atoms with E-state index < -0.39 is 22.0 Å². The Morgan fingerprint density at radius 3 is 2.14 bits per heavy atom. The Morgan fingerprint density at radius 2 is 1.52 bits per heavy atom. The van der Waals surface area contributed by atoms with Gasteiger partial charge in [0.05, 0.1) is 4.90 Å². The average Bonchev–Trinajstić information content (AvgIpc) is 2.69. The highest BCUT2D eigenvalue weighted by Gasteiger charge is 2.16. The van der Waals surface area contributed by atoms with Crippen molar-refractivity contribution in [3.8, 4) is 0 Å². The van der Waals surface area contributed by atoms with Crippen LogP contribution in [0.3, 0.4) is 0 Å². The summed E-state index contributed by atoms with van der Waals surface area (Å²) in [6.45, 7) is 0. The highest BCUT2D eigenvalue weighted by Crippen LogP contribution is 2.16. The molecule has 0 atom stereocenters. The fraction of sp³-hybridized carbons (Fsp3) is 0. The molecule has 0 radical (unpaired) electrons. The number of aromatic nitrogens is 2. The van der Waals surface area contributed by atoms with Crippen LogP contribution in [0.4, 0.5) is 16.4 Å². The fourth-order valence-electron chi connectivity index (χ4n) is 2.19. The molecule has 3 aromatic rings. The molecule has 0 saturated carbocycles. The Kier molecular flexibility index (Phi) is 6.05. The minimum absolute atomic E-state index is 0.0480. The number of anilines is 2. The third-order valence-electron chi connectivity index (χ3n) is 3.55. The standard InChI is InChI=1S/C18H14ClN5O4S/c19-13-4-2-12(3-5-13)16(25)23-18(26)22-14-6-8-15(9-7-14)29(27,28)24-17-20-10-1-11-21-17/h1-11H,(H,20,21,24)(H2,22,23,25,26). The van der Waals surface area contributed by atoms with Crippen molar-refractivity contribution in [3.05, 3.63) is 77.6 Å². The predicted octanol–water partition coefficient (Wildman–Crippen LogP) is 2.89. The molecule has 0 saturated heterocycles. The molecule has 29 heavy (non-hydrogen) atoms. The van der Waals surface area contributed by atoms with Gasteiger partial charge in [-0.3, -0.25) is 10.1 Å². The smallest absolute Gasteiger partial charge is 0.308 e. The van der Waals surface area contributed by atoms with Crippen molar-refractivity contribution >= 4 is 45.2 Å². The number of hydrogen-bond donors (Lipinski definition) is 3. The second kappa shape index (κ2) is 8.67. The van der Waals surface area contributed by atoms with Crippen LogP contribution in [0.5, 0.6) is 0 Å². The molecule has 0 aliphatic carbocycles. The molecule has 3 N–H and O–H groups in total. The fourth-order valence-corrected chi connectivity index (χ4v) is 3.27. The molecule has 1 aromatic heterocycles. The Bertz CT molecular complexity index is 1120. The van der Waals surface area contributed by atoms with Crippen molar-refractivity contribution in [1.82, 2.24) is 15.3 Å². The molecular weight excluding hydrogens is 418 g/mol. The maximum Gasteiger partial charge on any atom is 0.326 e. The Balaban J connectivity index is 1.62. The largest absolute Gasteiger partial charge is 0.326 e. The SMILES string of the molecule is O=C(NC(=O)c1ccc(Cl)cc1)Nc1ccc(S(=O)(=O)Nc2ncccn2)cc1. The third-order valence-corrected chi connectivity index (χ3v) is 5.14. The summed E-state index contributed by atoms with van der Waals surface area (Å²) in [5, 5.41) is 5.07. The molecule has 3 amide bonds. The first kappa shape index (κ1) is 20.2. The number of benzene rings is 2. The van der Waals surface area contributed by atoms with Crippen molar-refractivity contribution in [1.29, 1.82) is 0 Å². The topological polar surface area (TPSA) is 130 Å². The van der Waals surface area contributed by atoms with E-state index in [2.05, 4.69) is 25.3 Å². The lowest BCUT2D eigenvalue weighted by molar-refractivity contribution is 0.0967. The molecule has 0 aliphatic heterocycles. The van der Waals surface area contributed by atoms with Gasteiger partial charge in [-0.25, -0.2) is 27.9 Å². The van der Waals surface area contributed by atoms with Crippen LogP contribution in [0.2, 0.25) is 5.02 Å². The zero-order valence-corrected chi connectivity index (χ0v) is 16.2. The summed E-state index contributed by atoms with van der Waals surface area (Å²) in [6.07, 6.45) is 2.81.